The average molecular weight is 260 g/mol. The van der Waals surface area contributed by atoms with Gasteiger partial charge in [0, 0.05) is 18.6 Å². The fraction of sp³-hybridized carbons (Fsp3) is 0.500. The molecular formula is C12H15Cl2NO. The Kier molecular flexibility index (Phi) is 3.19. The van der Waals surface area contributed by atoms with Gasteiger partial charge in [0.25, 0.3) is 0 Å². The summed E-state index contributed by atoms with van der Waals surface area (Å²) >= 11 is 11.9. The number of hydrogen-bond acceptors (Lipinski definition) is 2. The fourth-order valence-corrected chi connectivity index (χ4v) is 3.06. The van der Waals surface area contributed by atoms with Crippen LogP contribution in [-0.2, 0) is 5.41 Å². The molecule has 0 aromatic heterocycles. The van der Waals surface area contributed by atoms with Gasteiger partial charge in [-0.1, -0.05) is 36.2 Å². The van der Waals surface area contributed by atoms with Gasteiger partial charge in [0.1, 0.15) is 0 Å². The molecule has 88 valence electrons. The lowest BCUT2D eigenvalue weighted by molar-refractivity contribution is 0.261. The van der Waals surface area contributed by atoms with E-state index >= 15 is 0 Å². The first-order chi connectivity index (χ1) is 7.57. The Hall–Kier alpha value is -0.280. The second kappa shape index (κ2) is 4.19. The van der Waals surface area contributed by atoms with E-state index in [0.29, 0.717) is 22.5 Å². The maximum Gasteiger partial charge on any atom is 0.0595 e. The predicted octanol–water partition coefficient (Wildman–Crippen LogP) is 2.45. The molecule has 1 saturated carbocycles. The number of rotatable bonds is 3. The highest BCUT2D eigenvalue weighted by Gasteiger charge is 2.61. The van der Waals surface area contributed by atoms with Gasteiger partial charge in [-0.15, -0.1) is 0 Å². The van der Waals surface area contributed by atoms with Crippen molar-refractivity contribution < 1.29 is 5.11 Å². The van der Waals surface area contributed by atoms with Crippen LogP contribution in [0.15, 0.2) is 18.2 Å². The Morgan fingerprint density at radius 2 is 2.06 bits per heavy atom. The molecule has 4 heteroatoms. The molecule has 1 aliphatic rings. The summed E-state index contributed by atoms with van der Waals surface area (Å²) in [5, 5.41) is 10.4. The zero-order valence-corrected chi connectivity index (χ0v) is 10.6. The zero-order valence-electron chi connectivity index (χ0n) is 9.08. The number of nitrogens with two attached hydrogens (primary N) is 1. The van der Waals surface area contributed by atoms with Crippen molar-refractivity contribution in [2.45, 2.75) is 12.3 Å². The highest BCUT2D eigenvalue weighted by Crippen LogP contribution is 2.59. The van der Waals surface area contributed by atoms with Crippen LogP contribution in [0, 0.1) is 11.8 Å². The fourth-order valence-electron chi connectivity index (χ4n) is 2.76. The molecule has 1 fully saturated rings. The van der Waals surface area contributed by atoms with Crippen LogP contribution in [0.5, 0.6) is 0 Å². The highest BCUT2D eigenvalue weighted by atomic mass is 35.5. The van der Waals surface area contributed by atoms with Crippen molar-refractivity contribution in [1.29, 1.82) is 0 Å². The summed E-state index contributed by atoms with van der Waals surface area (Å²) in [5.74, 6) is 0.620. The number of aliphatic hydroxyl groups excluding tert-OH is 1. The lowest BCUT2D eigenvalue weighted by Gasteiger charge is -2.16. The Morgan fingerprint density at radius 1 is 1.38 bits per heavy atom. The SMILES string of the molecule is CC1C(CO)[C@]1(CN)c1ccc(Cl)c(Cl)c1. The molecule has 16 heavy (non-hydrogen) atoms. The van der Waals surface area contributed by atoms with E-state index in [2.05, 4.69) is 6.92 Å². The van der Waals surface area contributed by atoms with Crippen LogP contribution in [0.3, 0.4) is 0 Å². The Labute approximate surface area is 105 Å². The number of halogens is 2. The van der Waals surface area contributed by atoms with E-state index in [1.54, 1.807) is 6.07 Å². The van der Waals surface area contributed by atoms with Gasteiger partial charge in [-0.25, -0.2) is 0 Å². The number of aliphatic hydroxyl groups is 1. The molecule has 0 aliphatic heterocycles. The van der Waals surface area contributed by atoms with Crippen LogP contribution in [0.2, 0.25) is 10.0 Å². The van der Waals surface area contributed by atoms with Crippen LogP contribution in [-0.4, -0.2) is 18.3 Å². The molecular weight excluding hydrogens is 245 g/mol. The van der Waals surface area contributed by atoms with Gasteiger partial charge < -0.3 is 10.8 Å². The van der Waals surface area contributed by atoms with E-state index in [1.165, 1.54) is 0 Å². The first-order valence-corrected chi connectivity index (χ1v) is 6.10. The van der Waals surface area contributed by atoms with Crippen molar-refractivity contribution in [3.8, 4) is 0 Å². The van der Waals surface area contributed by atoms with E-state index in [-0.39, 0.29) is 17.9 Å². The van der Waals surface area contributed by atoms with Crippen LogP contribution >= 0.6 is 23.2 Å². The van der Waals surface area contributed by atoms with E-state index in [4.69, 9.17) is 28.9 Å². The summed E-state index contributed by atoms with van der Waals surface area (Å²) < 4.78 is 0. The summed E-state index contributed by atoms with van der Waals surface area (Å²) in [7, 11) is 0. The molecule has 1 aliphatic carbocycles. The molecule has 3 atom stereocenters. The first-order valence-electron chi connectivity index (χ1n) is 5.34. The molecule has 0 amide bonds. The molecule has 1 aromatic rings. The van der Waals surface area contributed by atoms with E-state index in [9.17, 15) is 5.11 Å². The zero-order chi connectivity index (χ0) is 11.9. The molecule has 2 unspecified atom stereocenters. The Balaban J connectivity index is 2.40. The third-order valence-corrected chi connectivity index (χ3v) is 4.70. The first kappa shape index (κ1) is 12.2. The van der Waals surface area contributed by atoms with Crippen LogP contribution in [0.25, 0.3) is 0 Å². The van der Waals surface area contributed by atoms with Gasteiger partial charge in [-0.05, 0) is 29.5 Å². The van der Waals surface area contributed by atoms with Crippen molar-refractivity contribution in [3.63, 3.8) is 0 Å². The van der Waals surface area contributed by atoms with Crippen molar-refractivity contribution in [2.75, 3.05) is 13.2 Å². The second-order valence-corrected chi connectivity index (χ2v) is 5.27. The molecule has 2 rings (SSSR count). The molecule has 0 heterocycles. The van der Waals surface area contributed by atoms with Gasteiger partial charge in [0.2, 0.25) is 0 Å². The van der Waals surface area contributed by atoms with Crippen molar-refractivity contribution >= 4 is 23.2 Å². The summed E-state index contributed by atoms with van der Waals surface area (Å²) in [6.07, 6.45) is 0. The minimum atomic E-state index is -0.122. The second-order valence-electron chi connectivity index (χ2n) is 4.45. The standard InChI is InChI=1S/C12H15Cl2NO/c1-7-9(5-16)12(7,6-15)8-2-3-10(13)11(14)4-8/h2-4,7,9,16H,5-6,15H2,1H3/t7?,9?,12-/m0/s1. The van der Waals surface area contributed by atoms with E-state index in [1.807, 2.05) is 12.1 Å². The predicted molar refractivity (Wildman–Crippen MR) is 66.9 cm³/mol. The summed E-state index contributed by atoms with van der Waals surface area (Å²) in [6, 6.07) is 5.60. The van der Waals surface area contributed by atoms with Crippen LogP contribution in [0.1, 0.15) is 12.5 Å². The molecule has 0 bridgehead atoms. The number of hydrogen-bond donors (Lipinski definition) is 2. The molecule has 0 spiro atoms. The quantitative estimate of drug-likeness (QED) is 0.876. The van der Waals surface area contributed by atoms with Gasteiger partial charge in [-0.3, -0.25) is 0 Å². The topological polar surface area (TPSA) is 46.2 Å². The Bertz CT molecular complexity index is 410. The maximum absolute atomic E-state index is 9.31. The number of benzene rings is 1. The monoisotopic (exact) mass is 259 g/mol. The summed E-state index contributed by atoms with van der Waals surface area (Å²) in [6.45, 7) is 2.80. The van der Waals surface area contributed by atoms with Crippen LogP contribution < -0.4 is 5.73 Å². The highest BCUT2D eigenvalue weighted by molar-refractivity contribution is 6.42. The van der Waals surface area contributed by atoms with Crippen molar-refractivity contribution in [1.82, 2.24) is 0 Å². The third-order valence-electron chi connectivity index (χ3n) is 3.96. The molecule has 3 N–H and O–H groups in total. The average Bonchev–Trinajstić information content (AvgIpc) is 2.88. The van der Waals surface area contributed by atoms with Crippen LogP contribution in [0.4, 0.5) is 0 Å². The van der Waals surface area contributed by atoms with E-state index in [0.717, 1.165) is 5.56 Å². The van der Waals surface area contributed by atoms with Gasteiger partial charge in [0.15, 0.2) is 0 Å². The summed E-state index contributed by atoms with van der Waals surface area (Å²) in [5.41, 5.74) is 6.82. The van der Waals surface area contributed by atoms with Crippen molar-refractivity contribution in [2.24, 2.45) is 17.6 Å². The Morgan fingerprint density at radius 3 is 2.50 bits per heavy atom. The normalized spacial score (nSPS) is 32.8. The summed E-state index contributed by atoms with van der Waals surface area (Å²) in [4.78, 5) is 0. The molecule has 0 saturated heterocycles. The molecule has 2 nitrogen and oxygen atoms in total. The molecule has 1 aromatic carbocycles. The smallest absolute Gasteiger partial charge is 0.0595 e. The largest absolute Gasteiger partial charge is 0.396 e. The lowest BCUT2D eigenvalue weighted by atomic mass is 9.92. The molecule has 0 radical (unpaired) electrons. The van der Waals surface area contributed by atoms with Crippen molar-refractivity contribution in [3.05, 3.63) is 33.8 Å². The van der Waals surface area contributed by atoms with Gasteiger partial charge >= 0.3 is 0 Å². The third kappa shape index (κ3) is 1.56. The minimum Gasteiger partial charge on any atom is -0.396 e. The van der Waals surface area contributed by atoms with E-state index < -0.39 is 0 Å². The van der Waals surface area contributed by atoms with Gasteiger partial charge in [0.05, 0.1) is 10.0 Å². The maximum atomic E-state index is 9.31. The lowest BCUT2D eigenvalue weighted by Crippen LogP contribution is -2.24. The van der Waals surface area contributed by atoms with Gasteiger partial charge in [-0.2, -0.15) is 0 Å². The minimum absolute atomic E-state index is 0.122.